The first-order chi connectivity index (χ1) is 17.2. The van der Waals surface area contributed by atoms with Gasteiger partial charge in [0.1, 0.15) is 17.2 Å². The molecule has 36 heavy (non-hydrogen) atoms. The molecular formula is C25H20BrClN4O5. The lowest BCUT2D eigenvalue weighted by Crippen LogP contribution is -2.14. The highest BCUT2D eigenvalue weighted by Crippen LogP contribution is 2.32. The summed E-state index contributed by atoms with van der Waals surface area (Å²) >= 11 is 9.48. The average Bonchev–Trinajstić information content (AvgIpc) is 3.30. The highest BCUT2D eigenvalue weighted by Gasteiger charge is 2.16. The Morgan fingerprint density at radius 2 is 1.92 bits per heavy atom. The number of hydrogen-bond donors (Lipinski definition) is 1. The fourth-order valence-corrected chi connectivity index (χ4v) is 3.97. The molecule has 4 aromatic rings. The minimum Gasteiger partial charge on any atom is -0.470 e. The lowest BCUT2D eigenvalue weighted by molar-refractivity contribution is -0.384. The first kappa shape index (κ1) is 25.2. The van der Waals surface area contributed by atoms with E-state index in [4.69, 9.17) is 21.1 Å². The van der Waals surface area contributed by atoms with Crippen molar-refractivity contribution in [2.75, 3.05) is 5.32 Å². The van der Waals surface area contributed by atoms with E-state index < -0.39 is 10.8 Å². The van der Waals surface area contributed by atoms with Crippen LogP contribution in [0, 0.1) is 24.0 Å². The number of carbonyl (C=O) groups excluding carboxylic acids is 1. The van der Waals surface area contributed by atoms with Gasteiger partial charge in [-0.2, -0.15) is 5.10 Å². The molecule has 0 aliphatic heterocycles. The van der Waals surface area contributed by atoms with Crippen molar-refractivity contribution in [1.82, 2.24) is 9.78 Å². The minimum atomic E-state index is -0.551. The topological polar surface area (TPSA) is 109 Å². The van der Waals surface area contributed by atoms with E-state index in [1.165, 1.54) is 28.9 Å². The van der Waals surface area contributed by atoms with Crippen LogP contribution < -0.4 is 14.8 Å². The number of nitro groups is 1. The summed E-state index contributed by atoms with van der Waals surface area (Å²) in [5.41, 5.74) is 1.93. The van der Waals surface area contributed by atoms with Crippen LogP contribution in [0.25, 0.3) is 0 Å². The van der Waals surface area contributed by atoms with Crippen molar-refractivity contribution in [3.63, 3.8) is 0 Å². The number of amides is 1. The molecule has 1 N–H and O–H groups in total. The van der Waals surface area contributed by atoms with Crippen molar-refractivity contribution in [3.8, 4) is 17.2 Å². The number of aryl methyl sites for hydroxylation is 2. The highest BCUT2D eigenvalue weighted by atomic mass is 79.9. The molecule has 11 heteroatoms. The van der Waals surface area contributed by atoms with E-state index >= 15 is 0 Å². The van der Waals surface area contributed by atoms with Gasteiger partial charge in [0.2, 0.25) is 0 Å². The zero-order valence-corrected chi connectivity index (χ0v) is 21.5. The van der Waals surface area contributed by atoms with Crippen molar-refractivity contribution in [2.45, 2.75) is 20.6 Å². The number of nitro benzene ring substituents is 1. The Kier molecular flexibility index (Phi) is 7.56. The monoisotopic (exact) mass is 570 g/mol. The summed E-state index contributed by atoms with van der Waals surface area (Å²) in [6.07, 6.45) is 1.57. The van der Waals surface area contributed by atoms with Gasteiger partial charge in [-0.15, -0.1) is 0 Å². The summed E-state index contributed by atoms with van der Waals surface area (Å²) in [6.45, 7) is 3.82. The number of non-ortho nitro benzene ring substituents is 1. The molecule has 0 saturated carbocycles. The molecule has 4 rings (SSSR count). The fraction of sp³-hybridized carbons (Fsp3) is 0.120. The Morgan fingerprint density at radius 1 is 1.11 bits per heavy atom. The number of carbonyl (C=O) groups is 1. The van der Waals surface area contributed by atoms with E-state index in [0.29, 0.717) is 16.5 Å². The highest BCUT2D eigenvalue weighted by molar-refractivity contribution is 9.10. The molecule has 1 aromatic heterocycles. The molecule has 0 aliphatic rings. The van der Waals surface area contributed by atoms with Gasteiger partial charge in [-0.1, -0.05) is 39.7 Å². The third kappa shape index (κ3) is 6.21. The maximum absolute atomic E-state index is 12.8. The second kappa shape index (κ2) is 10.8. The second-order valence-corrected chi connectivity index (χ2v) is 9.21. The summed E-state index contributed by atoms with van der Waals surface area (Å²) in [6, 6.07) is 16.5. The van der Waals surface area contributed by atoms with Crippen LogP contribution in [0.1, 0.15) is 21.6 Å². The molecule has 0 bridgehead atoms. The third-order valence-electron chi connectivity index (χ3n) is 5.05. The third-order valence-corrected chi connectivity index (χ3v) is 5.84. The quantitative estimate of drug-likeness (QED) is 0.182. The molecule has 0 fully saturated rings. The summed E-state index contributed by atoms with van der Waals surface area (Å²) < 4.78 is 13.8. The number of nitrogens with one attached hydrogen (secondary N) is 1. The molecule has 0 aliphatic carbocycles. The van der Waals surface area contributed by atoms with Crippen LogP contribution >= 0.6 is 27.5 Å². The zero-order valence-electron chi connectivity index (χ0n) is 19.2. The van der Waals surface area contributed by atoms with E-state index in [0.717, 1.165) is 15.6 Å². The Bertz CT molecular complexity index is 1460. The number of benzene rings is 3. The van der Waals surface area contributed by atoms with Crippen LogP contribution in [0.2, 0.25) is 5.02 Å². The minimum absolute atomic E-state index is 0.0271. The number of aromatic nitrogens is 2. The van der Waals surface area contributed by atoms with Crippen molar-refractivity contribution >= 4 is 44.8 Å². The number of halogens is 2. The van der Waals surface area contributed by atoms with Gasteiger partial charge in [0, 0.05) is 22.8 Å². The first-order valence-electron chi connectivity index (χ1n) is 10.7. The van der Waals surface area contributed by atoms with E-state index in [-0.39, 0.29) is 29.5 Å². The van der Waals surface area contributed by atoms with E-state index in [2.05, 4.69) is 26.3 Å². The number of nitrogens with zero attached hydrogens (tertiary/aromatic N) is 3. The molecule has 0 spiro atoms. The molecule has 3 aromatic carbocycles. The second-order valence-electron chi connectivity index (χ2n) is 7.89. The van der Waals surface area contributed by atoms with Gasteiger partial charge in [-0.05, 0) is 55.3 Å². The van der Waals surface area contributed by atoms with Crippen LogP contribution in [0.5, 0.6) is 17.2 Å². The normalized spacial score (nSPS) is 10.7. The van der Waals surface area contributed by atoms with Crippen molar-refractivity contribution < 1.29 is 19.2 Å². The largest absolute Gasteiger partial charge is 0.470 e. The van der Waals surface area contributed by atoms with Gasteiger partial charge in [-0.3, -0.25) is 14.9 Å². The molecule has 1 heterocycles. The van der Waals surface area contributed by atoms with Gasteiger partial charge in [0.25, 0.3) is 11.6 Å². The molecular weight excluding hydrogens is 552 g/mol. The molecule has 1 amide bonds. The van der Waals surface area contributed by atoms with Crippen molar-refractivity contribution in [1.29, 1.82) is 0 Å². The Labute approximate surface area is 219 Å². The summed E-state index contributed by atoms with van der Waals surface area (Å²) in [5, 5.41) is 18.7. The lowest BCUT2D eigenvalue weighted by atomic mass is 10.1. The summed E-state index contributed by atoms with van der Waals surface area (Å²) in [5.74, 6) is 0.707. The Hall–Kier alpha value is -3.89. The predicted octanol–water partition coefficient (Wildman–Crippen LogP) is 6.91. The first-order valence-corrected chi connectivity index (χ1v) is 11.8. The van der Waals surface area contributed by atoms with Gasteiger partial charge in [0.05, 0.1) is 21.7 Å². The average molecular weight is 572 g/mol. The Balaban J connectivity index is 1.48. The molecule has 0 unspecified atom stereocenters. The van der Waals surface area contributed by atoms with E-state index in [1.54, 1.807) is 24.4 Å². The van der Waals surface area contributed by atoms with Crippen molar-refractivity contribution in [2.24, 2.45) is 0 Å². The van der Waals surface area contributed by atoms with Gasteiger partial charge >= 0.3 is 0 Å². The standard InChI is InChI=1S/C25H20BrClN4O5/c1-15-3-4-16(2)24(9-15)36-20-12-18(11-19(13-20)31(33)34)28-25(32)22-7-8-30(29-22)14-35-23-6-5-17(26)10-21(23)27/h3-13H,14H2,1-2H3,(H,28,32). The number of anilines is 1. The SMILES string of the molecule is Cc1ccc(C)c(Oc2cc(NC(=O)c3ccn(COc4ccc(Br)cc4Cl)n3)cc([N+](=O)[O-])c2)c1. The maximum Gasteiger partial charge on any atom is 0.276 e. The summed E-state index contributed by atoms with van der Waals surface area (Å²) in [4.78, 5) is 23.7. The smallest absolute Gasteiger partial charge is 0.276 e. The number of ether oxygens (including phenoxy) is 2. The number of rotatable bonds is 8. The summed E-state index contributed by atoms with van der Waals surface area (Å²) in [7, 11) is 0. The Morgan fingerprint density at radius 3 is 2.67 bits per heavy atom. The van der Waals surface area contributed by atoms with Gasteiger partial charge in [0.15, 0.2) is 12.4 Å². The van der Waals surface area contributed by atoms with E-state index in [1.807, 2.05) is 32.0 Å². The zero-order chi connectivity index (χ0) is 25.8. The van der Waals surface area contributed by atoms with Gasteiger partial charge in [-0.25, -0.2) is 4.68 Å². The van der Waals surface area contributed by atoms with Crippen LogP contribution in [-0.4, -0.2) is 20.6 Å². The van der Waals surface area contributed by atoms with Crippen LogP contribution in [0.3, 0.4) is 0 Å². The number of hydrogen-bond acceptors (Lipinski definition) is 6. The van der Waals surface area contributed by atoms with Crippen molar-refractivity contribution in [3.05, 3.63) is 103 Å². The van der Waals surface area contributed by atoms with Crippen LogP contribution in [0.4, 0.5) is 11.4 Å². The fourth-order valence-electron chi connectivity index (χ4n) is 3.24. The molecule has 9 nitrogen and oxygen atoms in total. The molecule has 0 radical (unpaired) electrons. The van der Waals surface area contributed by atoms with Gasteiger partial charge < -0.3 is 14.8 Å². The molecule has 0 saturated heterocycles. The predicted molar refractivity (Wildman–Crippen MR) is 139 cm³/mol. The maximum atomic E-state index is 12.8. The molecule has 0 atom stereocenters. The molecule has 184 valence electrons. The van der Waals surface area contributed by atoms with Crippen LogP contribution in [-0.2, 0) is 6.73 Å². The van der Waals surface area contributed by atoms with E-state index in [9.17, 15) is 14.9 Å². The van der Waals surface area contributed by atoms with Crippen LogP contribution in [0.15, 0.2) is 71.3 Å². The lowest BCUT2D eigenvalue weighted by Gasteiger charge is -2.11.